The molecule has 1 saturated carbocycles. The van der Waals surface area contributed by atoms with Crippen molar-refractivity contribution in [3.63, 3.8) is 0 Å². The average Bonchev–Trinajstić information content (AvgIpc) is 3.27. The molecule has 4 amide bonds. The molecule has 0 bridgehead atoms. The average molecular weight is 377 g/mol. The van der Waals surface area contributed by atoms with Crippen LogP contribution in [0.25, 0.3) is 11.1 Å². The highest BCUT2D eigenvalue weighted by atomic mass is 16.2. The van der Waals surface area contributed by atoms with Crippen LogP contribution >= 0.6 is 0 Å². The Balaban J connectivity index is 1.32. The van der Waals surface area contributed by atoms with Crippen LogP contribution in [-0.2, 0) is 9.59 Å². The summed E-state index contributed by atoms with van der Waals surface area (Å²) < 4.78 is 0. The van der Waals surface area contributed by atoms with Crippen molar-refractivity contribution in [2.75, 3.05) is 11.9 Å². The zero-order valence-corrected chi connectivity index (χ0v) is 15.6. The van der Waals surface area contributed by atoms with Crippen molar-refractivity contribution in [3.05, 3.63) is 54.6 Å². The largest absolute Gasteiger partial charge is 0.326 e. The van der Waals surface area contributed by atoms with Gasteiger partial charge in [-0.25, -0.2) is 4.79 Å². The molecule has 4 rings (SSSR count). The van der Waals surface area contributed by atoms with E-state index in [9.17, 15) is 14.4 Å². The fourth-order valence-electron chi connectivity index (χ4n) is 4.01. The van der Waals surface area contributed by atoms with E-state index in [2.05, 4.69) is 10.6 Å². The van der Waals surface area contributed by atoms with Gasteiger partial charge in [0.25, 0.3) is 5.91 Å². The number of urea groups is 1. The zero-order valence-electron chi connectivity index (χ0n) is 15.6. The molecule has 0 atom stereocenters. The molecule has 2 aromatic carbocycles. The Morgan fingerprint density at radius 1 is 0.964 bits per heavy atom. The highest BCUT2D eigenvalue weighted by Crippen LogP contribution is 2.35. The maximum absolute atomic E-state index is 12.6. The third-order valence-electron chi connectivity index (χ3n) is 5.54. The van der Waals surface area contributed by atoms with Crippen molar-refractivity contribution in [2.45, 2.75) is 37.6 Å². The highest BCUT2D eigenvalue weighted by Gasteiger charge is 2.52. The second-order valence-corrected chi connectivity index (χ2v) is 7.42. The van der Waals surface area contributed by atoms with E-state index in [0.717, 1.165) is 24.0 Å². The monoisotopic (exact) mass is 377 g/mol. The first-order valence-corrected chi connectivity index (χ1v) is 9.67. The minimum atomic E-state index is -0.721. The lowest BCUT2D eigenvalue weighted by Gasteiger charge is -2.19. The normalized spacial score (nSPS) is 17.8. The number of carbonyl (C=O) groups excluding carboxylic acids is 3. The maximum Gasteiger partial charge on any atom is 0.325 e. The quantitative estimate of drug-likeness (QED) is 0.782. The Labute approximate surface area is 163 Å². The smallest absolute Gasteiger partial charge is 0.325 e. The molecule has 6 nitrogen and oxygen atoms in total. The van der Waals surface area contributed by atoms with E-state index < -0.39 is 5.54 Å². The summed E-state index contributed by atoms with van der Waals surface area (Å²) in [5.41, 5.74) is 2.15. The molecule has 0 unspecified atom stereocenters. The van der Waals surface area contributed by atoms with Crippen LogP contribution in [0.15, 0.2) is 54.6 Å². The molecule has 2 fully saturated rings. The lowest BCUT2D eigenvalue weighted by molar-refractivity contribution is -0.131. The number of nitrogens with zero attached hydrogens (tertiary/aromatic N) is 1. The van der Waals surface area contributed by atoms with Crippen molar-refractivity contribution in [1.82, 2.24) is 10.2 Å². The van der Waals surface area contributed by atoms with Crippen LogP contribution in [0.2, 0.25) is 0 Å². The Morgan fingerprint density at radius 3 is 2.29 bits per heavy atom. The van der Waals surface area contributed by atoms with Crippen LogP contribution in [0.4, 0.5) is 10.5 Å². The first-order valence-electron chi connectivity index (χ1n) is 9.67. The van der Waals surface area contributed by atoms with E-state index >= 15 is 0 Å². The van der Waals surface area contributed by atoms with Gasteiger partial charge in [0.15, 0.2) is 0 Å². The molecule has 2 aromatic rings. The standard InChI is InChI=1S/C22H23N3O3/c26-19(12-15-25-20(27)22(24-21(25)28)13-4-5-14-22)23-18-10-8-17(9-11-18)16-6-2-1-3-7-16/h1-3,6-11H,4-5,12-15H2,(H,23,26)(H,24,28). The van der Waals surface area contributed by atoms with Gasteiger partial charge >= 0.3 is 6.03 Å². The Morgan fingerprint density at radius 2 is 1.61 bits per heavy atom. The second-order valence-electron chi connectivity index (χ2n) is 7.42. The van der Waals surface area contributed by atoms with Gasteiger partial charge in [-0.1, -0.05) is 55.3 Å². The second kappa shape index (κ2) is 7.46. The summed E-state index contributed by atoms with van der Waals surface area (Å²) in [6.07, 6.45) is 3.34. The predicted molar refractivity (Wildman–Crippen MR) is 107 cm³/mol. The molecule has 0 aromatic heterocycles. The fourth-order valence-corrected chi connectivity index (χ4v) is 4.01. The van der Waals surface area contributed by atoms with Crippen LogP contribution in [0.3, 0.4) is 0 Å². The van der Waals surface area contributed by atoms with Crippen LogP contribution < -0.4 is 10.6 Å². The van der Waals surface area contributed by atoms with E-state index in [0.29, 0.717) is 18.5 Å². The highest BCUT2D eigenvalue weighted by molar-refractivity contribution is 6.07. The van der Waals surface area contributed by atoms with Crippen molar-refractivity contribution < 1.29 is 14.4 Å². The molecule has 6 heteroatoms. The summed E-state index contributed by atoms with van der Waals surface area (Å²) in [5.74, 6) is -0.407. The lowest BCUT2D eigenvalue weighted by atomic mass is 9.98. The molecule has 2 aliphatic rings. The van der Waals surface area contributed by atoms with Gasteiger partial charge in [-0.3, -0.25) is 14.5 Å². The van der Waals surface area contributed by atoms with E-state index in [4.69, 9.17) is 0 Å². The van der Waals surface area contributed by atoms with Gasteiger partial charge in [-0.15, -0.1) is 0 Å². The molecule has 28 heavy (non-hydrogen) atoms. The molecule has 1 aliphatic carbocycles. The summed E-state index contributed by atoms with van der Waals surface area (Å²) in [6.45, 7) is 0.0976. The molecule has 2 N–H and O–H groups in total. The summed E-state index contributed by atoms with van der Waals surface area (Å²) in [7, 11) is 0. The van der Waals surface area contributed by atoms with E-state index in [1.807, 2.05) is 54.6 Å². The summed E-state index contributed by atoms with van der Waals surface area (Å²) in [6, 6.07) is 17.2. The Bertz CT molecular complexity index is 887. The van der Waals surface area contributed by atoms with Crippen LogP contribution in [0, 0.1) is 0 Å². The number of anilines is 1. The maximum atomic E-state index is 12.6. The number of hydrogen-bond acceptors (Lipinski definition) is 3. The topological polar surface area (TPSA) is 78.5 Å². The van der Waals surface area contributed by atoms with Gasteiger partial charge in [-0.05, 0) is 36.1 Å². The molecule has 0 radical (unpaired) electrons. The van der Waals surface area contributed by atoms with Crippen molar-refractivity contribution in [2.24, 2.45) is 0 Å². The van der Waals surface area contributed by atoms with Crippen LogP contribution in [0.1, 0.15) is 32.1 Å². The van der Waals surface area contributed by atoms with E-state index in [1.165, 1.54) is 4.90 Å². The summed E-state index contributed by atoms with van der Waals surface area (Å²) in [5, 5.41) is 5.66. The Hall–Kier alpha value is -3.15. The van der Waals surface area contributed by atoms with Crippen LogP contribution in [0.5, 0.6) is 0 Å². The summed E-state index contributed by atoms with van der Waals surface area (Å²) in [4.78, 5) is 38.2. The van der Waals surface area contributed by atoms with Gasteiger partial charge in [0, 0.05) is 18.7 Å². The minimum Gasteiger partial charge on any atom is -0.326 e. The van der Waals surface area contributed by atoms with Crippen molar-refractivity contribution >= 4 is 23.5 Å². The number of benzene rings is 2. The number of rotatable bonds is 5. The third kappa shape index (κ3) is 3.50. The zero-order chi connectivity index (χ0) is 19.6. The molecular formula is C22H23N3O3. The van der Waals surface area contributed by atoms with Gasteiger partial charge in [0.05, 0.1) is 0 Å². The molecular weight excluding hydrogens is 354 g/mol. The minimum absolute atomic E-state index is 0.0790. The predicted octanol–water partition coefficient (Wildman–Crippen LogP) is 3.55. The van der Waals surface area contributed by atoms with Gasteiger partial charge in [0.1, 0.15) is 5.54 Å². The van der Waals surface area contributed by atoms with Gasteiger partial charge < -0.3 is 10.6 Å². The first kappa shape index (κ1) is 18.2. The number of amides is 4. The number of imide groups is 1. The third-order valence-corrected chi connectivity index (χ3v) is 5.54. The van der Waals surface area contributed by atoms with Gasteiger partial charge in [0.2, 0.25) is 5.91 Å². The fraction of sp³-hybridized carbons (Fsp3) is 0.318. The first-order chi connectivity index (χ1) is 13.6. The molecule has 1 saturated heterocycles. The summed E-state index contributed by atoms with van der Waals surface area (Å²) >= 11 is 0. The van der Waals surface area contributed by atoms with Crippen LogP contribution in [-0.4, -0.2) is 34.8 Å². The van der Waals surface area contributed by atoms with Crippen molar-refractivity contribution in [1.29, 1.82) is 0 Å². The SMILES string of the molecule is O=C(CCN1C(=O)NC2(CCCC2)C1=O)Nc1ccc(-c2ccccc2)cc1. The van der Waals surface area contributed by atoms with Crippen molar-refractivity contribution in [3.8, 4) is 11.1 Å². The molecule has 144 valence electrons. The molecule has 1 heterocycles. The number of nitrogens with one attached hydrogen (secondary N) is 2. The number of carbonyl (C=O) groups is 3. The molecule has 1 spiro atoms. The van der Waals surface area contributed by atoms with Gasteiger partial charge in [-0.2, -0.15) is 0 Å². The molecule has 1 aliphatic heterocycles. The Kier molecular flexibility index (Phi) is 4.86. The lowest BCUT2D eigenvalue weighted by Crippen LogP contribution is -2.44. The number of hydrogen-bond donors (Lipinski definition) is 2. The van der Waals surface area contributed by atoms with E-state index in [-0.39, 0.29) is 30.8 Å². The van der Waals surface area contributed by atoms with E-state index in [1.54, 1.807) is 0 Å².